The van der Waals surface area contributed by atoms with Gasteiger partial charge in [-0.05, 0) is 36.2 Å². The van der Waals surface area contributed by atoms with E-state index in [1.165, 1.54) is 0 Å². The van der Waals surface area contributed by atoms with E-state index in [4.69, 9.17) is 9.47 Å². The quantitative estimate of drug-likeness (QED) is 0.626. The molecule has 2 N–H and O–H groups in total. The van der Waals surface area contributed by atoms with Gasteiger partial charge in [-0.15, -0.1) is 0 Å². The van der Waals surface area contributed by atoms with Crippen molar-refractivity contribution in [2.24, 2.45) is 0 Å². The molecule has 0 spiro atoms. The van der Waals surface area contributed by atoms with Crippen LogP contribution >= 0.6 is 11.3 Å². The summed E-state index contributed by atoms with van der Waals surface area (Å²) < 4.78 is 11.8. The van der Waals surface area contributed by atoms with Gasteiger partial charge in [0.05, 0.1) is 10.2 Å². The number of fused-ring (bicyclic) bond motifs is 2. The highest BCUT2D eigenvalue weighted by molar-refractivity contribution is 7.22. The second-order valence-corrected chi connectivity index (χ2v) is 6.98. The van der Waals surface area contributed by atoms with Crippen LogP contribution < -0.4 is 20.1 Å². The lowest BCUT2D eigenvalue weighted by molar-refractivity contribution is -0.120. The minimum absolute atomic E-state index is 0.0359. The molecule has 7 heteroatoms. The maximum Gasteiger partial charge on any atom is 0.231 e. The fraction of sp³-hybridized carbons (Fsp3) is 0.263. The summed E-state index contributed by atoms with van der Waals surface area (Å²) in [5.74, 6) is 1.55. The summed E-state index contributed by atoms with van der Waals surface area (Å²) in [5, 5.41) is 7.06. The zero-order chi connectivity index (χ0) is 17.8. The molecule has 1 aromatic heterocycles. The number of rotatable bonds is 7. The first-order valence-electron chi connectivity index (χ1n) is 8.52. The van der Waals surface area contributed by atoms with Gasteiger partial charge in [0.15, 0.2) is 16.6 Å². The highest BCUT2D eigenvalue weighted by atomic mass is 32.1. The maximum atomic E-state index is 12.0. The smallest absolute Gasteiger partial charge is 0.231 e. The number of para-hydroxylation sites is 1. The van der Waals surface area contributed by atoms with Gasteiger partial charge >= 0.3 is 0 Å². The molecule has 1 aliphatic heterocycles. The Morgan fingerprint density at radius 3 is 2.92 bits per heavy atom. The number of hydrogen-bond acceptors (Lipinski definition) is 6. The van der Waals surface area contributed by atoms with Crippen LogP contribution in [0.5, 0.6) is 11.5 Å². The van der Waals surface area contributed by atoms with E-state index in [-0.39, 0.29) is 12.7 Å². The SMILES string of the molecule is O=C(CCc1ccc2c(c1)OCO2)NCCNc1nc2ccccc2s1. The third-order valence-electron chi connectivity index (χ3n) is 4.09. The Bertz CT molecular complexity index is 892. The number of anilines is 1. The summed E-state index contributed by atoms with van der Waals surface area (Å²) in [5.41, 5.74) is 2.06. The predicted octanol–water partition coefficient (Wildman–Crippen LogP) is 3.19. The molecule has 1 aliphatic rings. The highest BCUT2D eigenvalue weighted by Crippen LogP contribution is 2.32. The highest BCUT2D eigenvalue weighted by Gasteiger charge is 2.13. The summed E-state index contributed by atoms with van der Waals surface area (Å²) >= 11 is 1.62. The van der Waals surface area contributed by atoms with Gasteiger partial charge in [0.25, 0.3) is 0 Å². The molecule has 1 amide bonds. The molecule has 4 rings (SSSR count). The average molecular weight is 369 g/mol. The number of ether oxygens (including phenoxy) is 2. The molecule has 134 valence electrons. The lowest BCUT2D eigenvalue weighted by atomic mass is 10.1. The lowest BCUT2D eigenvalue weighted by Gasteiger charge is -2.06. The monoisotopic (exact) mass is 369 g/mol. The van der Waals surface area contributed by atoms with Crippen molar-refractivity contribution in [2.75, 3.05) is 25.2 Å². The molecule has 2 heterocycles. The number of hydrogen-bond donors (Lipinski definition) is 2. The van der Waals surface area contributed by atoms with Crippen molar-refractivity contribution >= 4 is 32.6 Å². The van der Waals surface area contributed by atoms with Crippen molar-refractivity contribution in [1.29, 1.82) is 0 Å². The minimum atomic E-state index is 0.0359. The van der Waals surface area contributed by atoms with Gasteiger partial charge in [-0.1, -0.05) is 29.5 Å². The molecule has 2 aromatic carbocycles. The van der Waals surface area contributed by atoms with Gasteiger partial charge in [0.2, 0.25) is 12.7 Å². The Labute approximate surface area is 155 Å². The number of benzene rings is 2. The third kappa shape index (κ3) is 3.88. The predicted molar refractivity (Wildman–Crippen MR) is 102 cm³/mol. The number of carbonyl (C=O) groups is 1. The molecule has 0 atom stereocenters. The number of nitrogens with zero attached hydrogens (tertiary/aromatic N) is 1. The minimum Gasteiger partial charge on any atom is -0.454 e. The van der Waals surface area contributed by atoms with Crippen LogP contribution in [0, 0.1) is 0 Å². The van der Waals surface area contributed by atoms with E-state index < -0.39 is 0 Å². The van der Waals surface area contributed by atoms with Crippen molar-refractivity contribution in [3.05, 3.63) is 48.0 Å². The summed E-state index contributed by atoms with van der Waals surface area (Å²) in [7, 11) is 0. The van der Waals surface area contributed by atoms with Gasteiger partial charge < -0.3 is 20.1 Å². The molecule has 0 radical (unpaired) electrons. The number of carbonyl (C=O) groups excluding carboxylic acids is 1. The van der Waals surface area contributed by atoms with E-state index in [2.05, 4.69) is 21.7 Å². The summed E-state index contributed by atoms with van der Waals surface area (Å²) in [4.78, 5) is 16.5. The first kappa shape index (κ1) is 16.7. The van der Waals surface area contributed by atoms with Gasteiger partial charge in [0, 0.05) is 19.5 Å². The van der Waals surface area contributed by atoms with Crippen LogP contribution in [0.2, 0.25) is 0 Å². The third-order valence-corrected chi connectivity index (χ3v) is 5.09. The summed E-state index contributed by atoms with van der Waals surface area (Å²) in [6, 6.07) is 13.8. The fourth-order valence-electron chi connectivity index (χ4n) is 2.76. The number of nitrogens with one attached hydrogen (secondary N) is 2. The molecule has 26 heavy (non-hydrogen) atoms. The van der Waals surface area contributed by atoms with Crippen molar-refractivity contribution in [1.82, 2.24) is 10.3 Å². The Kier molecular flexibility index (Phi) is 4.88. The normalized spacial score (nSPS) is 12.3. The fourth-order valence-corrected chi connectivity index (χ4v) is 3.65. The molecule has 0 fully saturated rings. The van der Waals surface area contributed by atoms with Crippen molar-refractivity contribution in [3.63, 3.8) is 0 Å². The zero-order valence-electron chi connectivity index (χ0n) is 14.2. The van der Waals surface area contributed by atoms with Gasteiger partial charge in [0.1, 0.15) is 0 Å². The van der Waals surface area contributed by atoms with Gasteiger partial charge in [-0.2, -0.15) is 0 Å². The van der Waals surface area contributed by atoms with Crippen LogP contribution in [-0.2, 0) is 11.2 Å². The summed E-state index contributed by atoms with van der Waals surface area (Å²) in [6.07, 6.45) is 1.12. The molecular weight excluding hydrogens is 350 g/mol. The van der Waals surface area contributed by atoms with Crippen LogP contribution in [0.15, 0.2) is 42.5 Å². The number of aryl methyl sites for hydroxylation is 1. The molecule has 6 nitrogen and oxygen atoms in total. The molecule has 0 unspecified atom stereocenters. The van der Waals surface area contributed by atoms with Gasteiger partial charge in [-0.25, -0.2) is 4.98 Å². The molecule has 0 bridgehead atoms. The summed E-state index contributed by atoms with van der Waals surface area (Å²) in [6.45, 7) is 1.48. The zero-order valence-corrected chi connectivity index (χ0v) is 15.0. The van der Waals surface area contributed by atoms with E-state index in [9.17, 15) is 4.79 Å². The van der Waals surface area contributed by atoms with Gasteiger partial charge in [-0.3, -0.25) is 4.79 Å². The Hall–Kier alpha value is -2.80. The number of amides is 1. The average Bonchev–Trinajstić information content (AvgIpc) is 3.29. The second-order valence-electron chi connectivity index (χ2n) is 5.95. The molecule has 0 aliphatic carbocycles. The van der Waals surface area contributed by atoms with Crippen LogP contribution in [0.4, 0.5) is 5.13 Å². The molecule has 3 aromatic rings. The largest absolute Gasteiger partial charge is 0.454 e. The molecule has 0 saturated heterocycles. The Morgan fingerprint density at radius 2 is 2.00 bits per heavy atom. The van der Waals surface area contributed by atoms with Crippen molar-refractivity contribution < 1.29 is 14.3 Å². The first-order valence-corrected chi connectivity index (χ1v) is 9.34. The number of thiazole rings is 1. The second kappa shape index (κ2) is 7.61. The van der Waals surface area contributed by atoms with Crippen molar-refractivity contribution in [3.8, 4) is 11.5 Å². The van der Waals surface area contributed by atoms with E-state index in [0.717, 1.165) is 32.4 Å². The van der Waals surface area contributed by atoms with Crippen molar-refractivity contribution in [2.45, 2.75) is 12.8 Å². The van der Waals surface area contributed by atoms with E-state index >= 15 is 0 Å². The van der Waals surface area contributed by atoms with E-state index in [0.29, 0.717) is 25.9 Å². The molecule has 0 saturated carbocycles. The Morgan fingerprint density at radius 1 is 1.12 bits per heavy atom. The maximum absolute atomic E-state index is 12.0. The Balaban J connectivity index is 1.18. The van der Waals surface area contributed by atoms with Crippen LogP contribution in [-0.4, -0.2) is 30.8 Å². The van der Waals surface area contributed by atoms with Crippen LogP contribution in [0.25, 0.3) is 10.2 Å². The topological polar surface area (TPSA) is 72.5 Å². The number of aromatic nitrogens is 1. The van der Waals surface area contributed by atoms with Crippen LogP contribution in [0.3, 0.4) is 0 Å². The molecular formula is C19H19N3O3S. The first-order chi connectivity index (χ1) is 12.8. The van der Waals surface area contributed by atoms with E-state index in [1.807, 2.05) is 36.4 Å². The van der Waals surface area contributed by atoms with Crippen LogP contribution in [0.1, 0.15) is 12.0 Å². The standard InChI is InChI=1S/C19H19N3O3S/c23-18(8-6-13-5-7-15-16(11-13)25-12-24-15)20-9-10-21-19-22-14-3-1-2-4-17(14)26-19/h1-5,7,11H,6,8-10,12H2,(H,20,23)(H,21,22). The lowest BCUT2D eigenvalue weighted by Crippen LogP contribution is -2.28. The van der Waals surface area contributed by atoms with E-state index in [1.54, 1.807) is 11.3 Å².